The van der Waals surface area contributed by atoms with Crippen LogP contribution in [0.5, 0.6) is 11.5 Å². The first-order chi connectivity index (χ1) is 13.3. The molecule has 1 amide bonds. The quantitative estimate of drug-likeness (QED) is 0.663. The summed E-state index contributed by atoms with van der Waals surface area (Å²) >= 11 is 0. The Balaban J connectivity index is 1.64. The van der Waals surface area contributed by atoms with Crippen LogP contribution in [-0.4, -0.2) is 24.1 Å². The molecule has 0 bridgehead atoms. The van der Waals surface area contributed by atoms with E-state index >= 15 is 0 Å². The number of nitrogens with zero attached hydrogens (tertiary/aromatic N) is 1. The maximum Gasteiger partial charge on any atom is 0.258 e. The molecule has 0 saturated heterocycles. The molecule has 0 aliphatic heterocycles. The van der Waals surface area contributed by atoms with Gasteiger partial charge < -0.3 is 14.8 Å². The van der Waals surface area contributed by atoms with Crippen molar-refractivity contribution in [2.75, 3.05) is 13.2 Å². The van der Waals surface area contributed by atoms with Crippen LogP contribution < -0.4 is 14.8 Å². The molecule has 1 aromatic heterocycles. The summed E-state index contributed by atoms with van der Waals surface area (Å²) in [6.07, 6.45) is 1.72. The van der Waals surface area contributed by atoms with Gasteiger partial charge >= 0.3 is 0 Å². The molecule has 27 heavy (non-hydrogen) atoms. The molecule has 0 aliphatic carbocycles. The van der Waals surface area contributed by atoms with Crippen LogP contribution in [0.15, 0.2) is 79.0 Å². The van der Waals surface area contributed by atoms with E-state index in [9.17, 15) is 4.79 Å². The third kappa shape index (κ3) is 5.31. The van der Waals surface area contributed by atoms with Gasteiger partial charge in [0.05, 0.1) is 18.3 Å². The Bertz CT molecular complexity index is 797. The first kappa shape index (κ1) is 18.5. The zero-order valence-electron chi connectivity index (χ0n) is 15.2. The van der Waals surface area contributed by atoms with Crippen molar-refractivity contribution < 1.29 is 14.3 Å². The van der Waals surface area contributed by atoms with Crippen LogP contribution >= 0.6 is 0 Å². The van der Waals surface area contributed by atoms with Crippen LogP contribution in [0.2, 0.25) is 0 Å². The van der Waals surface area contributed by atoms with E-state index in [2.05, 4.69) is 10.3 Å². The van der Waals surface area contributed by atoms with Crippen molar-refractivity contribution in [2.45, 2.75) is 13.0 Å². The Labute approximate surface area is 159 Å². The van der Waals surface area contributed by atoms with Crippen molar-refractivity contribution in [3.8, 4) is 11.5 Å². The fraction of sp³-hybridized carbons (Fsp3) is 0.182. The Morgan fingerprint density at radius 2 is 1.59 bits per heavy atom. The molecule has 138 valence electrons. The molecule has 1 unspecified atom stereocenters. The Morgan fingerprint density at radius 3 is 2.22 bits per heavy atom. The molecule has 2 aromatic carbocycles. The minimum Gasteiger partial charge on any atom is -0.494 e. The van der Waals surface area contributed by atoms with Gasteiger partial charge in [-0.05, 0) is 48.9 Å². The number of rotatable bonds is 8. The van der Waals surface area contributed by atoms with Gasteiger partial charge in [0.15, 0.2) is 6.61 Å². The predicted molar refractivity (Wildman–Crippen MR) is 104 cm³/mol. The monoisotopic (exact) mass is 362 g/mol. The van der Waals surface area contributed by atoms with Crippen molar-refractivity contribution >= 4 is 5.91 Å². The van der Waals surface area contributed by atoms with E-state index in [4.69, 9.17) is 9.47 Å². The third-order valence-electron chi connectivity index (χ3n) is 3.93. The Morgan fingerprint density at radius 1 is 0.926 bits per heavy atom. The highest BCUT2D eigenvalue weighted by Crippen LogP contribution is 2.20. The number of hydrogen-bond acceptors (Lipinski definition) is 4. The molecule has 1 heterocycles. The number of pyridine rings is 1. The molecule has 5 nitrogen and oxygen atoms in total. The first-order valence-electron chi connectivity index (χ1n) is 8.87. The van der Waals surface area contributed by atoms with Crippen LogP contribution in [0.1, 0.15) is 24.2 Å². The number of carbonyl (C=O) groups excluding carboxylic acids is 1. The SMILES string of the molecule is CCOc1ccc(OCC(=O)NC(c2ccccc2)c2ccccn2)cc1. The van der Waals surface area contributed by atoms with Gasteiger partial charge in [0, 0.05) is 6.20 Å². The van der Waals surface area contributed by atoms with Crippen molar-refractivity contribution in [3.05, 3.63) is 90.3 Å². The predicted octanol–water partition coefficient (Wildman–Crippen LogP) is 3.76. The van der Waals surface area contributed by atoms with Crippen LogP contribution in [-0.2, 0) is 4.79 Å². The maximum atomic E-state index is 12.5. The molecule has 0 aliphatic rings. The van der Waals surface area contributed by atoms with E-state index < -0.39 is 0 Å². The average Bonchev–Trinajstić information content (AvgIpc) is 2.73. The summed E-state index contributed by atoms with van der Waals surface area (Å²) in [6.45, 7) is 2.46. The smallest absolute Gasteiger partial charge is 0.258 e. The van der Waals surface area contributed by atoms with E-state index in [0.717, 1.165) is 17.0 Å². The van der Waals surface area contributed by atoms with Gasteiger partial charge in [-0.15, -0.1) is 0 Å². The Hall–Kier alpha value is -3.34. The number of carbonyl (C=O) groups is 1. The van der Waals surface area contributed by atoms with Gasteiger partial charge in [-0.2, -0.15) is 0 Å². The van der Waals surface area contributed by atoms with Crippen molar-refractivity contribution in [1.82, 2.24) is 10.3 Å². The highest BCUT2D eigenvalue weighted by Gasteiger charge is 2.18. The molecule has 1 atom stereocenters. The summed E-state index contributed by atoms with van der Waals surface area (Å²) in [6, 6.07) is 22.3. The second kappa shape index (κ2) is 9.38. The molecular weight excluding hydrogens is 340 g/mol. The summed E-state index contributed by atoms with van der Waals surface area (Å²) in [4.78, 5) is 16.8. The first-order valence-corrected chi connectivity index (χ1v) is 8.87. The summed E-state index contributed by atoms with van der Waals surface area (Å²) in [5, 5.41) is 3.00. The van der Waals surface area contributed by atoms with Gasteiger partial charge in [0.1, 0.15) is 11.5 Å². The number of ether oxygens (including phenoxy) is 2. The van der Waals surface area contributed by atoms with Gasteiger partial charge in [-0.1, -0.05) is 36.4 Å². The number of amides is 1. The second-order valence-electron chi connectivity index (χ2n) is 5.86. The fourth-order valence-electron chi connectivity index (χ4n) is 2.67. The standard InChI is InChI=1S/C22H22N2O3/c1-2-26-18-11-13-19(14-12-18)27-16-21(25)24-22(17-8-4-3-5-9-17)20-10-6-7-15-23-20/h3-15,22H,2,16H2,1H3,(H,24,25). The lowest BCUT2D eigenvalue weighted by molar-refractivity contribution is -0.123. The van der Waals surface area contributed by atoms with Crippen LogP contribution in [0, 0.1) is 0 Å². The summed E-state index contributed by atoms with van der Waals surface area (Å²) < 4.78 is 11.0. The van der Waals surface area contributed by atoms with E-state index in [1.807, 2.05) is 67.6 Å². The maximum absolute atomic E-state index is 12.5. The average molecular weight is 362 g/mol. The highest BCUT2D eigenvalue weighted by atomic mass is 16.5. The summed E-state index contributed by atoms with van der Waals surface area (Å²) in [5.41, 5.74) is 1.74. The number of aromatic nitrogens is 1. The molecule has 3 rings (SSSR count). The van der Waals surface area contributed by atoms with Gasteiger partial charge in [0.2, 0.25) is 0 Å². The van der Waals surface area contributed by atoms with Gasteiger partial charge in [-0.3, -0.25) is 9.78 Å². The Kier molecular flexibility index (Phi) is 6.41. The van der Waals surface area contributed by atoms with Crippen LogP contribution in [0.4, 0.5) is 0 Å². The molecule has 0 saturated carbocycles. The van der Waals surface area contributed by atoms with E-state index in [-0.39, 0.29) is 18.6 Å². The van der Waals surface area contributed by atoms with Crippen LogP contribution in [0.3, 0.4) is 0 Å². The highest BCUT2D eigenvalue weighted by molar-refractivity contribution is 5.78. The normalized spacial score (nSPS) is 11.4. The molecule has 0 spiro atoms. The van der Waals surface area contributed by atoms with E-state index in [1.54, 1.807) is 18.3 Å². The lowest BCUT2D eigenvalue weighted by Gasteiger charge is -2.19. The molecule has 5 heteroatoms. The number of benzene rings is 2. The molecule has 3 aromatic rings. The topological polar surface area (TPSA) is 60.5 Å². The minimum absolute atomic E-state index is 0.0792. The molecule has 1 N–H and O–H groups in total. The lowest BCUT2D eigenvalue weighted by Crippen LogP contribution is -2.33. The number of nitrogens with one attached hydrogen (secondary N) is 1. The second-order valence-corrected chi connectivity index (χ2v) is 5.86. The van der Waals surface area contributed by atoms with E-state index in [0.29, 0.717) is 12.4 Å². The zero-order chi connectivity index (χ0) is 18.9. The molecule has 0 fully saturated rings. The fourth-order valence-corrected chi connectivity index (χ4v) is 2.67. The molecular formula is C22H22N2O3. The summed E-state index contributed by atoms with van der Waals surface area (Å²) in [5.74, 6) is 1.17. The lowest BCUT2D eigenvalue weighted by atomic mass is 10.0. The van der Waals surface area contributed by atoms with Crippen molar-refractivity contribution in [3.63, 3.8) is 0 Å². The minimum atomic E-state index is -0.330. The van der Waals surface area contributed by atoms with Crippen LogP contribution in [0.25, 0.3) is 0 Å². The zero-order valence-corrected chi connectivity index (χ0v) is 15.2. The van der Waals surface area contributed by atoms with Gasteiger partial charge in [0.25, 0.3) is 5.91 Å². The largest absolute Gasteiger partial charge is 0.494 e. The van der Waals surface area contributed by atoms with E-state index in [1.165, 1.54) is 0 Å². The van der Waals surface area contributed by atoms with Crippen molar-refractivity contribution in [1.29, 1.82) is 0 Å². The van der Waals surface area contributed by atoms with Gasteiger partial charge in [-0.25, -0.2) is 0 Å². The third-order valence-corrected chi connectivity index (χ3v) is 3.93. The summed E-state index contributed by atoms with van der Waals surface area (Å²) in [7, 11) is 0. The number of hydrogen-bond donors (Lipinski definition) is 1. The molecule has 0 radical (unpaired) electrons. The van der Waals surface area contributed by atoms with Crippen molar-refractivity contribution in [2.24, 2.45) is 0 Å².